The minimum atomic E-state index is -1.11. The molecule has 0 bridgehead atoms. The molecule has 1 aromatic carbocycles. The smallest absolute Gasteiger partial charge is 0.325 e. The maximum Gasteiger partial charge on any atom is 0.325 e. The van der Waals surface area contributed by atoms with Gasteiger partial charge >= 0.3 is 6.03 Å². The van der Waals surface area contributed by atoms with E-state index < -0.39 is 17.5 Å². The number of rotatable bonds is 6. The summed E-state index contributed by atoms with van der Waals surface area (Å²) in [5.74, 6) is -0.135. The van der Waals surface area contributed by atoms with Crippen LogP contribution < -0.4 is 15.4 Å². The normalized spacial score (nSPS) is 20.3. The van der Waals surface area contributed by atoms with Gasteiger partial charge in [0.1, 0.15) is 17.8 Å². The number of para-hydroxylation sites is 1. The number of ether oxygens (including phenoxy) is 1. The Morgan fingerprint density at radius 2 is 2.00 bits per heavy atom. The van der Waals surface area contributed by atoms with E-state index in [0.29, 0.717) is 5.75 Å². The van der Waals surface area contributed by atoms with E-state index in [4.69, 9.17) is 4.74 Å². The second kappa shape index (κ2) is 6.90. The highest BCUT2D eigenvalue weighted by molar-refractivity contribution is 6.09. The minimum Gasteiger partial charge on any atom is -0.496 e. The Hall–Kier alpha value is -2.57. The van der Waals surface area contributed by atoms with Crippen molar-refractivity contribution in [1.82, 2.24) is 15.5 Å². The molecule has 0 spiro atoms. The van der Waals surface area contributed by atoms with Crippen molar-refractivity contribution in [3.8, 4) is 5.75 Å². The molecule has 0 radical (unpaired) electrons. The lowest BCUT2D eigenvalue weighted by molar-refractivity contribution is -0.134. The quantitative estimate of drug-likeness (QED) is 0.763. The summed E-state index contributed by atoms with van der Waals surface area (Å²) in [5.41, 5.74) is -0.297. The van der Waals surface area contributed by atoms with Gasteiger partial charge in [-0.2, -0.15) is 0 Å². The van der Waals surface area contributed by atoms with Crippen LogP contribution in [-0.2, 0) is 16.0 Å². The molecule has 24 heavy (non-hydrogen) atoms. The maximum atomic E-state index is 12.7. The van der Waals surface area contributed by atoms with Crippen LogP contribution in [0.2, 0.25) is 0 Å². The number of carbonyl (C=O) groups is 3. The van der Waals surface area contributed by atoms with Gasteiger partial charge in [0.15, 0.2) is 0 Å². The predicted octanol–water partition coefficient (Wildman–Crippen LogP) is 1.07. The van der Waals surface area contributed by atoms with Gasteiger partial charge in [0.25, 0.3) is 5.91 Å². The highest BCUT2D eigenvalue weighted by Gasteiger charge is 2.48. The fourth-order valence-electron chi connectivity index (χ4n) is 2.75. The van der Waals surface area contributed by atoms with Crippen molar-refractivity contribution in [2.24, 2.45) is 0 Å². The molecule has 2 N–H and O–H groups in total. The fourth-order valence-corrected chi connectivity index (χ4v) is 2.75. The van der Waals surface area contributed by atoms with E-state index in [0.717, 1.165) is 10.5 Å². The monoisotopic (exact) mass is 333 g/mol. The molecular weight excluding hydrogens is 310 g/mol. The summed E-state index contributed by atoms with van der Waals surface area (Å²) in [7, 11) is 1.55. The summed E-state index contributed by atoms with van der Waals surface area (Å²) in [4.78, 5) is 37.7. The van der Waals surface area contributed by atoms with Crippen molar-refractivity contribution >= 4 is 17.8 Å². The van der Waals surface area contributed by atoms with Crippen molar-refractivity contribution in [1.29, 1.82) is 0 Å². The number of hydrogen-bond donors (Lipinski definition) is 2. The van der Waals surface area contributed by atoms with Gasteiger partial charge in [-0.3, -0.25) is 14.5 Å². The number of benzene rings is 1. The van der Waals surface area contributed by atoms with Crippen LogP contribution >= 0.6 is 0 Å². The van der Waals surface area contributed by atoms with Gasteiger partial charge in [0.05, 0.1) is 7.11 Å². The van der Waals surface area contributed by atoms with Crippen LogP contribution in [0.4, 0.5) is 4.79 Å². The van der Waals surface area contributed by atoms with Crippen molar-refractivity contribution in [3.63, 3.8) is 0 Å². The molecule has 1 fully saturated rings. The maximum absolute atomic E-state index is 12.7. The molecule has 1 atom stereocenters. The molecule has 130 valence electrons. The zero-order valence-corrected chi connectivity index (χ0v) is 14.4. The van der Waals surface area contributed by atoms with Crippen LogP contribution in [0.1, 0.15) is 26.3 Å². The van der Waals surface area contributed by atoms with Gasteiger partial charge in [-0.05, 0) is 32.4 Å². The van der Waals surface area contributed by atoms with Crippen molar-refractivity contribution < 1.29 is 19.1 Å². The number of urea groups is 1. The third kappa shape index (κ3) is 3.67. The zero-order valence-electron chi connectivity index (χ0n) is 14.4. The second-order valence-corrected chi connectivity index (χ2v) is 6.36. The van der Waals surface area contributed by atoms with Crippen LogP contribution in [0.15, 0.2) is 24.3 Å². The average Bonchev–Trinajstić information content (AvgIpc) is 2.70. The Balaban J connectivity index is 2.15. The molecule has 0 aromatic heterocycles. The molecule has 7 nitrogen and oxygen atoms in total. The number of nitrogens with one attached hydrogen (secondary N) is 2. The first-order chi connectivity index (χ1) is 11.3. The van der Waals surface area contributed by atoms with Gasteiger partial charge in [0.2, 0.25) is 5.91 Å². The first-order valence-corrected chi connectivity index (χ1v) is 7.82. The average molecular weight is 333 g/mol. The largest absolute Gasteiger partial charge is 0.496 e. The van der Waals surface area contributed by atoms with Gasteiger partial charge in [-0.15, -0.1) is 0 Å². The van der Waals surface area contributed by atoms with E-state index in [-0.39, 0.29) is 24.9 Å². The third-order valence-corrected chi connectivity index (χ3v) is 3.83. The SMILES string of the molecule is COc1ccccc1C[C@]1(C)NC(=O)N(CC(=O)NC(C)C)C1=O. The molecule has 4 amide bonds. The Kier molecular flexibility index (Phi) is 5.11. The van der Waals surface area contributed by atoms with Crippen LogP contribution in [0, 0.1) is 0 Å². The molecule has 0 aliphatic carbocycles. The molecule has 1 heterocycles. The standard InChI is InChI=1S/C17H23N3O4/c1-11(2)18-14(21)10-20-15(22)17(3,19-16(20)23)9-12-7-5-6-8-13(12)24-4/h5-8,11H,9-10H2,1-4H3,(H,18,21)(H,19,23)/t17-/m0/s1. The van der Waals surface area contributed by atoms with Crippen LogP contribution in [0.3, 0.4) is 0 Å². The topological polar surface area (TPSA) is 87.7 Å². The molecule has 1 aliphatic heterocycles. The molecule has 1 aromatic rings. The summed E-state index contributed by atoms with van der Waals surface area (Å²) >= 11 is 0. The summed E-state index contributed by atoms with van der Waals surface area (Å²) in [6.07, 6.45) is 0.282. The van der Waals surface area contributed by atoms with Crippen molar-refractivity contribution in [2.45, 2.75) is 38.8 Å². The highest BCUT2D eigenvalue weighted by Crippen LogP contribution is 2.27. The highest BCUT2D eigenvalue weighted by atomic mass is 16.5. The summed E-state index contributed by atoms with van der Waals surface area (Å²) < 4.78 is 5.30. The van der Waals surface area contributed by atoms with Gasteiger partial charge in [-0.1, -0.05) is 18.2 Å². The molecule has 0 unspecified atom stereocenters. The van der Waals surface area contributed by atoms with Crippen LogP contribution in [-0.4, -0.2) is 48.0 Å². The van der Waals surface area contributed by atoms with Crippen LogP contribution in [0.5, 0.6) is 5.75 Å². The van der Waals surface area contributed by atoms with Crippen LogP contribution in [0.25, 0.3) is 0 Å². The Morgan fingerprint density at radius 3 is 2.62 bits per heavy atom. The van der Waals surface area contributed by atoms with Crippen molar-refractivity contribution in [2.75, 3.05) is 13.7 Å². The van der Waals surface area contributed by atoms with E-state index in [1.807, 2.05) is 32.0 Å². The first kappa shape index (κ1) is 17.8. The number of carbonyl (C=O) groups excluding carboxylic acids is 3. The van der Waals surface area contributed by atoms with Gasteiger partial charge in [0, 0.05) is 12.5 Å². The van der Waals surface area contributed by atoms with E-state index in [2.05, 4.69) is 10.6 Å². The Morgan fingerprint density at radius 1 is 1.33 bits per heavy atom. The number of methoxy groups -OCH3 is 1. The number of amides is 4. The van der Waals surface area contributed by atoms with Gasteiger partial charge < -0.3 is 15.4 Å². The molecule has 0 saturated carbocycles. The number of nitrogens with zero attached hydrogens (tertiary/aromatic N) is 1. The molecule has 1 aliphatic rings. The molecular formula is C17H23N3O4. The number of imide groups is 1. The van der Waals surface area contributed by atoms with E-state index in [9.17, 15) is 14.4 Å². The fraction of sp³-hybridized carbons (Fsp3) is 0.471. The summed E-state index contributed by atoms with van der Waals surface area (Å²) in [6, 6.07) is 6.71. The molecule has 7 heteroatoms. The Bertz CT molecular complexity index is 659. The minimum absolute atomic E-state index is 0.0572. The zero-order chi connectivity index (χ0) is 17.9. The van der Waals surface area contributed by atoms with E-state index in [1.165, 1.54) is 0 Å². The lowest BCUT2D eigenvalue weighted by atomic mass is 9.92. The number of hydrogen-bond acceptors (Lipinski definition) is 4. The van der Waals surface area contributed by atoms with Gasteiger partial charge in [-0.25, -0.2) is 4.79 Å². The second-order valence-electron chi connectivity index (χ2n) is 6.36. The summed E-state index contributed by atoms with van der Waals surface area (Å²) in [5, 5.41) is 5.36. The Labute approximate surface area is 141 Å². The molecule has 1 saturated heterocycles. The van der Waals surface area contributed by atoms with Crippen molar-refractivity contribution in [3.05, 3.63) is 29.8 Å². The summed E-state index contributed by atoms with van der Waals surface area (Å²) in [6.45, 7) is 5.00. The van der Waals surface area contributed by atoms with E-state index in [1.54, 1.807) is 20.1 Å². The lowest BCUT2D eigenvalue weighted by Gasteiger charge is -2.23. The third-order valence-electron chi connectivity index (χ3n) is 3.83. The first-order valence-electron chi connectivity index (χ1n) is 7.82. The van der Waals surface area contributed by atoms with E-state index >= 15 is 0 Å². The predicted molar refractivity (Wildman–Crippen MR) is 88.6 cm³/mol. The lowest BCUT2D eigenvalue weighted by Crippen LogP contribution is -2.47. The molecule has 2 rings (SSSR count).